The minimum atomic E-state index is -0.844. The van der Waals surface area contributed by atoms with E-state index in [1.807, 2.05) is 6.08 Å². The second-order valence-electron chi connectivity index (χ2n) is 22.1. The van der Waals surface area contributed by atoms with E-state index in [1.54, 1.807) is 6.08 Å². The normalized spacial score (nSPS) is 12.7. The van der Waals surface area contributed by atoms with Crippen molar-refractivity contribution in [3.63, 3.8) is 0 Å². The molecular weight excluding hydrogens is 875 g/mol. The van der Waals surface area contributed by atoms with Gasteiger partial charge in [-0.15, -0.1) is 0 Å². The zero-order valence-corrected chi connectivity index (χ0v) is 48.0. The molecule has 2 atom stereocenters. The average Bonchev–Trinajstić information content (AvgIpc) is 3.37. The third-order valence-corrected chi connectivity index (χ3v) is 15.0. The molecule has 0 radical (unpaired) electrons. The second kappa shape index (κ2) is 60.9. The van der Waals surface area contributed by atoms with E-state index >= 15 is 0 Å². The van der Waals surface area contributed by atoms with Gasteiger partial charge >= 0.3 is 5.97 Å². The number of amides is 1. The largest absolute Gasteiger partial charge is 0.466 e. The van der Waals surface area contributed by atoms with Gasteiger partial charge in [0.05, 0.1) is 25.4 Å². The summed E-state index contributed by atoms with van der Waals surface area (Å²) in [6.45, 7) is 4.92. The lowest BCUT2D eigenvalue weighted by molar-refractivity contribution is -0.143. The van der Waals surface area contributed by atoms with Crippen molar-refractivity contribution >= 4 is 11.9 Å². The molecule has 0 aliphatic heterocycles. The molecule has 2 unspecified atom stereocenters. The Hall–Kier alpha value is -1.66. The Morgan fingerprint density at radius 2 is 0.662 bits per heavy atom. The highest BCUT2D eigenvalue weighted by Gasteiger charge is 2.18. The number of hydrogen-bond donors (Lipinski definition) is 3. The van der Waals surface area contributed by atoms with Crippen molar-refractivity contribution in [1.82, 2.24) is 5.32 Å². The van der Waals surface area contributed by atoms with Crippen LogP contribution in [0.2, 0.25) is 0 Å². The molecule has 1 amide bonds. The third kappa shape index (κ3) is 57.5. The molecule has 0 aromatic heterocycles. The maximum Gasteiger partial charge on any atom is 0.305 e. The van der Waals surface area contributed by atoms with E-state index in [4.69, 9.17) is 4.74 Å². The SMILES string of the molecule is CCCCCCCCCCCCC/C=C/C(O)C(CO)NC(=O)CCCCCCCCCCCC/C=C\CCCCCCCCCCCCCCOC(=O)CCCCCCCCCCCCCCCCC. The summed E-state index contributed by atoms with van der Waals surface area (Å²) < 4.78 is 5.49. The molecule has 71 heavy (non-hydrogen) atoms. The number of allylic oxidation sites excluding steroid dienone is 3. The smallest absolute Gasteiger partial charge is 0.305 e. The Labute approximate surface area is 443 Å². The van der Waals surface area contributed by atoms with Crippen LogP contribution in [0.4, 0.5) is 0 Å². The van der Waals surface area contributed by atoms with Crippen LogP contribution in [0.3, 0.4) is 0 Å². The molecule has 0 saturated heterocycles. The van der Waals surface area contributed by atoms with E-state index in [2.05, 4.69) is 31.3 Å². The number of ether oxygens (including phenoxy) is 1. The van der Waals surface area contributed by atoms with Crippen LogP contribution in [-0.2, 0) is 14.3 Å². The van der Waals surface area contributed by atoms with Gasteiger partial charge in [0.1, 0.15) is 0 Å². The van der Waals surface area contributed by atoms with Crippen LogP contribution < -0.4 is 5.32 Å². The molecule has 0 aromatic carbocycles. The summed E-state index contributed by atoms with van der Waals surface area (Å²) in [5.41, 5.74) is 0. The Balaban J connectivity index is 3.38. The van der Waals surface area contributed by atoms with Crippen LogP contribution in [0.1, 0.15) is 354 Å². The van der Waals surface area contributed by atoms with Crippen LogP contribution in [0.5, 0.6) is 0 Å². The lowest BCUT2D eigenvalue weighted by Crippen LogP contribution is -2.45. The molecule has 0 aliphatic carbocycles. The number of aliphatic hydroxyl groups is 2. The first-order valence-electron chi connectivity index (χ1n) is 32.1. The Bertz CT molecular complexity index is 1110. The Morgan fingerprint density at radius 3 is 1.00 bits per heavy atom. The highest BCUT2D eigenvalue weighted by molar-refractivity contribution is 5.76. The van der Waals surface area contributed by atoms with Crippen molar-refractivity contribution in [1.29, 1.82) is 0 Å². The molecule has 420 valence electrons. The van der Waals surface area contributed by atoms with Crippen LogP contribution in [0, 0.1) is 0 Å². The molecule has 0 aromatic rings. The summed E-state index contributed by atoms with van der Waals surface area (Å²) in [7, 11) is 0. The number of carbonyl (C=O) groups is 2. The lowest BCUT2D eigenvalue weighted by atomic mass is 10.0. The monoisotopic (exact) mass is 1000 g/mol. The molecule has 3 N–H and O–H groups in total. The fraction of sp³-hybridized carbons (Fsp3) is 0.908. The molecule has 6 nitrogen and oxygen atoms in total. The van der Waals surface area contributed by atoms with Crippen molar-refractivity contribution in [2.24, 2.45) is 0 Å². The summed E-state index contributed by atoms with van der Waals surface area (Å²) in [6, 6.07) is -0.628. The van der Waals surface area contributed by atoms with Crippen LogP contribution >= 0.6 is 0 Å². The molecule has 0 fully saturated rings. The molecule has 0 rings (SSSR count). The summed E-state index contributed by atoms with van der Waals surface area (Å²) in [6.07, 6.45) is 75.2. The Kier molecular flexibility index (Phi) is 59.5. The standard InChI is InChI=1S/C65H125NO5/c1-3-5-7-9-11-13-15-17-30-35-39-43-47-51-55-59-65(70)71-60-56-52-48-44-40-36-32-29-27-25-23-21-19-18-20-22-24-26-28-31-34-38-42-46-50-54-58-64(69)66-62(61-67)63(68)57-53-49-45-41-37-33-16-14-12-10-8-6-4-2/h18,20,53,57,62-63,67-68H,3-17,19,21-52,54-56,58-61H2,1-2H3,(H,66,69)/b20-18-,57-53+. The van der Waals surface area contributed by atoms with E-state index in [0.717, 1.165) is 38.5 Å². The van der Waals surface area contributed by atoms with E-state index in [1.165, 1.54) is 289 Å². The predicted octanol–water partition coefficient (Wildman–Crippen LogP) is 20.2. The summed E-state index contributed by atoms with van der Waals surface area (Å²) >= 11 is 0. The van der Waals surface area contributed by atoms with Crippen molar-refractivity contribution in [2.45, 2.75) is 366 Å². The lowest BCUT2D eigenvalue weighted by Gasteiger charge is -2.20. The minimum Gasteiger partial charge on any atom is -0.466 e. The van der Waals surface area contributed by atoms with Gasteiger partial charge in [-0.3, -0.25) is 9.59 Å². The molecule has 6 heteroatoms. The molecule has 0 aliphatic rings. The van der Waals surface area contributed by atoms with Crippen molar-refractivity contribution in [2.75, 3.05) is 13.2 Å². The highest BCUT2D eigenvalue weighted by atomic mass is 16.5. The van der Waals surface area contributed by atoms with Gasteiger partial charge in [-0.1, -0.05) is 308 Å². The summed E-state index contributed by atoms with van der Waals surface area (Å²) in [4.78, 5) is 24.5. The molecule has 0 heterocycles. The van der Waals surface area contributed by atoms with E-state index in [9.17, 15) is 19.8 Å². The minimum absolute atomic E-state index is 0.0171. The van der Waals surface area contributed by atoms with E-state index < -0.39 is 12.1 Å². The predicted molar refractivity (Wildman–Crippen MR) is 310 cm³/mol. The van der Waals surface area contributed by atoms with Gasteiger partial charge in [-0.05, 0) is 57.8 Å². The maximum atomic E-state index is 12.4. The van der Waals surface area contributed by atoms with Gasteiger partial charge in [-0.25, -0.2) is 0 Å². The fourth-order valence-corrected chi connectivity index (χ4v) is 10.0. The summed E-state index contributed by atoms with van der Waals surface area (Å²) in [5, 5.41) is 23.1. The van der Waals surface area contributed by atoms with E-state index in [-0.39, 0.29) is 18.5 Å². The summed E-state index contributed by atoms with van der Waals surface area (Å²) in [5.74, 6) is -0.0517. The van der Waals surface area contributed by atoms with Crippen molar-refractivity contribution < 1.29 is 24.5 Å². The van der Waals surface area contributed by atoms with Crippen molar-refractivity contribution in [3.05, 3.63) is 24.3 Å². The molecular formula is C65H125NO5. The van der Waals surface area contributed by atoms with Gasteiger partial charge in [0.25, 0.3) is 0 Å². The van der Waals surface area contributed by atoms with Crippen LogP contribution in [-0.4, -0.2) is 47.4 Å². The van der Waals surface area contributed by atoms with Crippen LogP contribution in [0.15, 0.2) is 24.3 Å². The molecule has 0 bridgehead atoms. The number of unbranched alkanes of at least 4 members (excludes halogenated alkanes) is 47. The topological polar surface area (TPSA) is 95.9 Å². The first-order chi connectivity index (χ1) is 35.0. The number of rotatable bonds is 60. The second-order valence-corrected chi connectivity index (χ2v) is 22.1. The Morgan fingerprint density at radius 1 is 0.380 bits per heavy atom. The molecule has 0 spiro atoms. The van der Waals surface area contributed by atoms with Gasteiger partial charge in [0.15, 0.2) is 0 Å². The zero-order valence-electron chi connectivity index (χ0n) is 48.0. The number of aliphatic hydroxyl groups excluding tert-OH is 2. The first kappa shape index (κ1) is 69.3. The number of carbonyl (C=O) groups excluding carboxylic acids is 2. The van der Waals surface area contributed by atoms with Gasteiger partial charge in [-0.2, -0.15) is 0 Å². The quantitative estimate of drug-likeness (QED) is 0.0320. The highest BCUT2D eigenvalue weighted by Crippen LogP contribution is 2.18. The maximum absolute atomic E-state index is 12.4. The van der Waals surface area contributed by atoms with E-state index in [0.29, 0.717) is 19.4 Å². The molecule has 0 saturated carbocycles. The number of hydrogen-bond acceptors (Lipinski definition) is 5. The number of esters is 1. The fourth-order valence-electron chi connectivity index (χ4n) is 10.0. The van der Waals surface area contributed by atoms with Gasteiger partial charge in [0.2, 0.25) is 5.91 Å². The van der Waals surface area contributed by atoms with Gasteiger partial charge in [0, 0.05) is 12.8 Å². The number of nitrogens with one attached hydrogen (secondary N) is 1. The zero-order chi connectivity index (χ0) is 51.4. The first-order valence-corrected chi connectivity index (χ1v) is 32.1. The van der Waals surface area contributed by atoms with Crippen molar-refractivity contribution in [3.8, 4) is 0 Å². The van der Waals surface area contributed by atoms with Crippen LogP contribution in [0.25, 0.3) is 0 Å². The third-order valence-electron chi connectivity index (χ3n) is 15.0. The van der Waals surface area contributed by atoms with Gasteiger partial charge < -0.3 is 20.3 Å². The average molecular weight is 1000 g/mol.